The van der Waals surface area contributed by atoms with E-state index >= 15 is 0 Å². The fourth-order valence-corrected chi connectivity index (χ4v) is 3.42. The molecule has 0 radical (unpaired) electrons. The minimum Gasteiger partial charge on any atom is -0.338 e. The average molecular weight is 371 g/mol. The molecular formula is C22H20F3NO. The van der Waals surface area contributed by atoms with Crippen LogP contribution in [0.2, 0.25) is 0 Å². The van der Waals surface area contributed by atoms with Gasteiger partial charge in [-0.15, -0.1) is 0 Å². The third kappa shape index (κ3) is 4.71. The van der Waals surface area contributed by atoms with Crippen LogP contribution in [0.15, 0.2) is 48.5 Å². The molecule has 0 spiro atoms. The van der Waals surface area contributed by atoms with Crippen LogP contribution in [0.25, 0.3) is 0 Å². The number of alkyl halides is 3. The van der Waals surface area contributed by atoms with E-state index in [1.165, 1.54) is 17.7 Å². The summed E-state index contributed by atoms with van der Waals surface area (Å²) < 4.78 is 37.8. The van der Waals surface area contributed by atoms with Gasteiger partial charge >= 0.3 is 6.18 Å². The van der Waals surface area contributed by atoms with E-state index in [9.17, 15) is 18.0 Å². The minimum absolute atomic E-state index is 0.113. The lowest BCUT2D eigenvalue weighted by molar-refractivity contribution is -0.137. The Morgan fingerprint density at radius 2 is 1.81 bits per heavy atom. The zero-order valence-electron chi connectivity index (χ0n) is 14.9. The number of aryl methyl sites for hydroxylation is 1. The number of benzene rings is 2. The Balaban J connectivity index is 1.74. The first-order chi connectivity index (χ1) is 12.8. The van der Waals surface area contributed by atoms with E-state index < -0.39 is 17.6 Å². The van der Waals surface area contributed by atoms with E-state index in [-0.39, 0.29) is 12.0 Å². The van der Waals surface area contributed by atoms with Crippen molar-refractivity contribution in [3.05, 3.63) is 70.8 Å². The molecule has 27 heavy (non-hydrogen) atoms. The first-order valence-electron chi connectivity index (χ1n) is 8.92. The second kappa shape index (κ2) is 7.87. The summed E-state index contributed by atoms with van der Waals surface area (Å²) in [5.41, 5.74) is 1.99. The van der Waals surface area contributed by atoms with E-state index in [1.54, 1.807) is 0 Å². The SMILES string of the molecule is CC1CCCc2ccccc2C1NC(=O)C#Cc1ccc(C(F)(F)F)cc1. The van der Waals surface area contributed by atoms with Crippen molar-refractivity contribution in [2.24, 2.45) is 5.92 Å². The van der Waals surface area contributed by atoms with Gasteiger partial charge < -0.3 is 5.32 Å². The van der Waals surface area contributed by atoms with Crippen LogP contribution >= 0.6 is 0 Å². The molecule has 2 aromatic rings. The number of amides is 1. The fourth-order valence-electron chi connectivity index (χ4n) is 3.42. The van der Waals surface area contributed by atoms with Gasteiger partial charge in [0.1, 0.15) is 0 Å². The summed E-state index contributed by atoms with van der Waals surface area (Å²) in [4.78, 5) is 12.3. The van der Waals surface area contributed by atoms with Gasteiger partial charge in [0.15, 0.2) is 0 Å². The molecule has 0 saturated heterocycles. The van der Waals surface area contributed by atoms with Crippen LogP contribution in [-0.2, 0) is 17.4 Å². The topological polar surface area (TPSA) is 29.1 Å². The van der Waals surface area contributed by atoms with Gasteiger partial charge in [-0.05, 0) is 60.6 Å². The van der Waals surface area contributed by atoms with Gasteiger partial charge in [-0.25, -0.2) is 0 Å². The molecular weight excluding hydrogens is 351 g/mol. The molecule has 1 aliphatic carbocycles. The number of carbonyl (C=O) groups excluding carboxylic acids is 1. The molecule has 0 bridgehead atoms. The predicted octanol–water partition coefficient (Wildman–Crippen LogP) is 4.89. The normalized spacial score (nSPS) is 19.3. The van der Waals surface area contributed by atoms with Crippen molar-refractivity contribution >= 4 is 5.91 Å². The molecule has 2 atom stereocenters. The van der Waals surface area contributed by atoms with Gasteiger partial charge in [0, 0.05) is 11.5 Å². The van der Waals surface area contributed by atoms with Crippen molar-refractivity contribution in [3.63, 3.8) is 0 Å². The Morgan fingerprint density at radius 1 is 1.11 bits per heavy atom. The van der Waals surface area contributed by atoms with Gasteiger partial charge in [-0.2, -0.15) is 13.2 Å². The second-order valence-corrected chi connectivity index (χ2v) is 6.84. The van der Waals surface area contributed by atoms with E-state index in [0.29, 0.717) is 5.56 Å². The zero-order chi connectivity index (χ0) is 19.4. The van der Waals surface area contributed by atoms with E-state index in [4.69, 9.17) is 0 Å². The van der Waals surface area contributed by atoms with Crippen LogP contribution < -0.4 is 5.32 Å². The fraction of sp³-hybridized carbons (Fsp3) is 0.318. The number of fused-ring (bicyclic) bond motifs is 1. The van der Waals surface area contributed by atoms with Crippen LogP contribution in [0, 0.1) is 17.8 Å². The number of hydrogen-bond acceptors (Lipinski definition) is 1. The Hall–Kier alpha value is -2.74. The number of halogens is 3. The van der Waals surface area contributed by atoms with E-state index in [2.05, 4.69) is 30.1 Å². The lowest BCUT2D eigenvalue weighted by Crippen LogP contribution is -2.31. The van der Waals surface area contributed by atoms with Crippen molar-refractivity contribution in [1.82, 2.24) is 5.32 Å². The quantitative estimate of drug-likeness (QED) is 0.561. The Bertz CT molecular complexity index is 875. The summed E-state index contributed by atoms with van der Waals surface area (Å²) in [5.74, 6) is 4.99. The van der Waals surface area contributed by atoms with Crippen LogP contribution in [0.4, 0.5) is 13.2 Å². The maximum atomic E-state index is 12.6. The van der Waals surface area contributed by atoms with Gasteiger partial charge in [-0.1, -0.05) is 37.1 Å². The number of carbonyl (C=O) groups is 1. The lowest BCUT2D eigenvalue weighted by atomic mass is 9.92. The maximum absolute atomic E-state index is 12.6. The molecule has 3 rings (SSSR count). The molecule has 1 N–H and O–H groups in total. The van der Waals surface area contributed by atoms with E-state index in [1.807, 2.05) is 18.2 Å². The number of hydrogen-bond donors (Lipinski definition) is 1. The highest BCUT2D eigenvalue weighted by atomic mass is 19.4. The molecule has 5 heteroatoms. The summed E-state index contributed by atoms with van der Waals surface area (Å²) in [6.07, 6.45) is -1.32. The van der Waals surface area contributed by atoms with Gasteiger partial charge in [0.05, 0.1) is 11.6 Å². The summed E-state index contributed by atoms with van der Waals surface area (Å²) in [6, 6.07) is 12.4. The first kappa shape index (κ1) is 19.0. The molecule has 2 nitrogen and oxygen atoms in total. The number of nitrogens with one attached hydrogen (secondary N) is 1. The Labute approximate surface area is 156 Å². The van der Waals surface area contributed by atoms with Crippen LogP contribution in [0.1, 0.15) is 48.1 Å². The smallest absolute Gasteiger partial charge is 0.338 e. The molecule has 0 heterocycles. The molecule has 2 unspecified atom stereocenters. The standard InChI is InChI=1S/C22H20F3NO/c1-15-5-4-7-17-6-2-3-8-19(17)21(15)26-20(27)14-11-16-9-12-18(13-10-16)22(23,24)25/h2-3,6,8-10,12-13,15,21H,4-5,7H2,1H3,(H,26,27). The maximum Gasteiger partial charge on any atom is 0.416 e. The van der Waals surface area contributed by atoms with Crippen LogP contribution in [-0.4, -0.2) is 5.91 Å². The monoisotopic (exact) mass is 371 g/mol. The summed E-state index contributed by atoms with van der Waals surface area (Å²) in [6.45, 7) is 2.11. The van der Waals surface area contributed by atoms with Crippen molar-refractivity contribution in [2.75, 3.05) is 0 Å². The Morgan fingerprint density at radius 3 is 2.52 bits per heavy atom. The summed E-state index contributed by atoms with van der Waals surface area (Å²) in [5, 5.41) is 2.98. The molecule has 0 fully saturated rings. The molecule has 140 valence electrons. The molecule has 0 aromatic heterocycles. The first-order valence-corrected chi connectivity index (χ1v) is 8.92. The van der Waals surface area contributed by atoms with Gasteiger partial charge in [0.2, 0.25) is 0 Å². The van der Waals surface area contributed by atoms with Crippen molar-refractivity contribution in [2.45, 2.75) is 38.4 Å². The van der Waals surface area contributed by atoms with Crippen molar-refractivity contribution in [3.8, 4) is 11.8 Å². The lowest BCUT2D eigenvalue weighted by Gasteiger charge is -2.23. The largest absolute Gasteiger partial charge is 0.416 e. The minimum atomic E-state index is -4.38. The molecule has 1 amide bonds. The third-order valence-electron chi connectivity index (χ3n) is 4.88. The van der Waals surface area contributed by atoms with Crippen LogP contribution in [0.3, 0.4) is 0 Å². The molecule has 0 saturated carbocycles. The molecule has 1 aliphatic rings. The highest BCUT2D eigenvalue weighted by Crippen LogP contribution is 2.33. The highest BCUT2D eigenvalue weighted by molar-refractivity contribution is 5.94. The van der Waals surface area contributed by atoms with Crippen molar-refractivity contribution in [1.29, 1.82) is 0 Å². The summed E-state index contributed by atoms with van der Waals surface area (Å²) in [7, 11) is 0. The molecule has 2 aromatic carbocycles. The van der Waals surface area contributed by atoms with Gasteiger partial charge in [-0.3, -0.25) is 4.79 Å². The summed E-state index contributed by atoms with van der Waals surface area (Å²) >= 11 is 0. The average Bonchev–Trinajstić information content (AvgIpc) is 2.79. The van der Waals surface area contributed by atoms with Crippen molar-refractivity contribution < 1.29 is 18.0 Å². The van der Waals surface area contributed by atoms with Crippen LogP contribution in [0.5, 0.6) is 0 Å². The second-order valence-electron chi connectivity index (χ2n) is 6.84. The van der Waals surface area contributed by atoms with E-state index in [0.717, 1.165) is 37.0 Å². The van der Waals surface area contributed by atoms with Gasteiger partial charge in [0.25, 0.3) is 5.91 Å². The Kier molecular flexibility index (Phi) is 5.55. The highest BCUT2D eigenvalue weighted by Gasteiger charge is 2.30. The third-order valence-corrected chi connectivity index (χ3v) is 4.88. The number of rotatable bonds is 1. The molecule has 0 aliphatic heterocycles. The predicted molar refractivity (Wildman–Crippen MR) is 97.7 cm³/mol. The zero-order valence-corrected chi connectivity index (χ0v) is 14.9.